The standard InChI is InChI=1S/C14H22N2OS/c1-6-7-8-12(17-5)9-10-13-11(2)15-14(18-13)16(3)4/h7-9H,6,10H2,1-5H3. The first kappa shape index (κ1) is 14.8. The molecule has 0 radical (unpaired) electrons. The van der Waals surface area contributed by atoms with Gasteiger partial charge in [-0.05, 0) is 25.5 Å². The first-order valence-electron chi connectivity index (χ1n) is 6.12. The molecule has 0 spiro atoms. The first-order valence-corrected chi connectivity index (χ1v) is 6.94. The van der Waals surface area contributed by atoms with Crippen LogP contribution in [0.4, 0.5) is 5.13 Å². The summed E-state index contributed by atoms with van der Waals surface area (Å²) in [7, 11) is 5.74. The van der Waals surface area contributed by atoms with Crippen LogP contribution in [0.5, 0.6) is 0 Å². The smallest absolute Gasteiger partial charge is 0.185 e. The second-order valence-electron chi connectivity index (χ2n) is 4.22. The quantitative estimate of drug-likeness (QED) is 0.581. The Hall–Kier alpha value is -1.29. The third kappa shape index (κ3) is 4.18. The fourth-order valence-corrected chi connectivity index (χ4v) is 2.39. The van der Waals surface area contributed by atoms with Crippen molar-refractivity contribution in [1.29, 1.82) is 0 Å². The van der Waals surface area contributed by atoms with E-state index < -0.39 is 0 Å². The van der Waals surface area contributed by atoms with Crippen molar-refractivity contribution in [3.8, 4) is 0 Å². The van der Waals surface area contributed by atoms with Crippen molar-refractivity contribution >= 4 is 16.5 Å². The number of hydrogen-bond donors (Lipinski definition) is 0. The topological polar surface area (TPSA) is 25.4 Å². The molecule has 1 aromatic heterocycles. The second-order valence-corrected chi connectivity index (χ2v) is 5.29. The van der Waals surface area contributed by atoms with Crippen molar-refractivity contribution in [1.82, 2.24) is 4.98 Å². The van der Waals surface area contributed by atoms with Crippen LogP contribution in [0.25, 0.3) is 0 Å². The van der Waals surface area contributed by atoms with E-state index in [4.69, 9.17) is 4.74 Å². The Morgan fingerprint density at radius 2 is 2.17 bits per heavy atom. The van der Waals surface area contributed by atoms with E-state index in [2.05, 4.69) is 31.0 Å². The lowest BCUT2D eigenvalue weighted by Gasteiger charge is -2.05. The molecule has 1 heterocycles. The van der Waals surface area contributed by atoms with Gasteiger partial charge in [0.25, 0.3) is 0 Å². The fraction of sp³-hybridized carbons (Fsp3) is 0.500. The van der Waals surface area contributed by atoms with Crippen molar-refractivity contribution in [2.24, 2.45) is 0 Å². The van der Waals surface area contributed by atoms with Gasteiger partial charge in [-0.25, -0.2) is 4.98 Å². The SMILES string of the molecule is CCC=CC(=CCc1sc(N(C)C)nc1C)OC. The second kappa shape index (κ2) is 7.21. The number of anilines is 1. The van der Waals surface area contributed by atoms with Gasteiger partial charge < -0.3 is 9.64 Å². The largest absolute Gasteiger partial charge is 0.497 e. The number of hydrogen-bond acceptors (Lipinski definition) is 4. The Morgan fingerprint density at radius 3 is 2.67 bits per heavy atom. The van der Waals surface area contributed by atoms with E-state index in [1.165, 1.54) is 4.88 Å². The van der Waals surface area contributed by atoms with Crippen LogP contribution < -0.4 is 4.90 Å². The lowest BCUT2D eigenvalue weighted by atomic mass is 10.2. The predicted molar refractivity (Wildman–Crippen MR) is 79.4 cm³/mol. The normalized spacial score (nSPS) is 12.2. The lowest BCUT2D eigenvalue weighted by molar-refractivity contribution is 0.305. The van der Waals surface area contributed by atoms with Crippen LogP contribution in [0.15, 0.2) is 24.0 Å². The number of ether oxygens (including phenoxy) is 1. The summed E-state index contributed by atoms with van der Waals surface area (Å²) in [6, 6.07) is 0. The number of allylic oxidation sites excluding steroid dienone is 3. The summed E-state index contributed by atoms with van der Waals surface area (Å²) in [4.78, 5) is 7.86. The van der Waals surface area contributed by atoms with Crippen LogP contribution >= 0.6 is 11.3 Å². The molecule has 1 aromatic rings. The number of nitrogens with zero attached hydrogens (tertiary/aromatic N) is 2. The van der Waals surface area contributed by atoms with Gasteiger partial charge in [0, 0.05) is 25.4 Å². The number of thiazole rings is 1. The molecule has 0 bridgehead atoms. The zero-order chi connectivity index (χ0) is 13.5. The molecule has 3 nitrogen and oxygen atoms in total. The lowest BCUT2D eigenvalue weighted by Crippen LogP contribution is -2.07. The first-order chi connectivity index (χ1) is 8.58. The monoisotopic (exact) mass is 266 g/mol. The Balaban J connectivity index is 2.77. The molecule has 0 aliphatic carbocycles. The minimum atomic E-state index is 0.870. The maximum Gasteiger partial charge on any atom is 0.185 e. The average Bonchev–Trinajstić information content (AvgIpc) is 2.71. The molecule has 0 N–H and O–H groups in total. The van der Waals surface area contributed by atoms with Crippen molar-refractivity contribution in [3.63, 3.8) is 0 Å². The van der Waals surface area contributed by atoms with Crippen molar-refractivity contribution < 1.29 is 4.74 Å². The molecule has 0 saturated heterocycles. The Morgan fingerprint density at radius 1 is 1.44 bits per heavy atom. The number of rotatable bonds is 6. The number of methoxy groups -OCH3 is 1. The Labute approximate surface area is 114 Å². The van der Waals surface area contributed by atoms with E-state index >= 15 is 0 Å². The minimum Gasteiger partial charge on any atom is -0.497 e. The van der Waals surface area contributed by atoms with E-state index in [9.17, 15) is 0 Å². The van der Waals surface area contributed by atoms with Crippen LogP contribution in [0.2, 0.25) is 0 Å². The highest BCUT2D eigenvalue weighted by Crippen LogP contribution is 2.25. The van der Waals surface area contributed by atoms with Crippen molar-refractivity contribution in [2.45, 2.75) is 26.7 Å². The molecule has 0 aliphatic heterocycles. The van der Waals surface area contributed by atoms with Crippen LogP contribution in [-0.2, 0) is 11.2 Å². The number of aryl methyl sites for hydroxylation is 1. The molecular formula is C14H22N2OS. The van der Waals surface area contributed by atoms with Gasteiger partial charge in [-0.3, -0.25) is 0 Å². The van der Waals surface area contributed by atoms with E-state index in [0.29, 0.717) is 0 Å². The summed E-state index contributed by atoms with van der Waals surface area (Å²) < 4.78 is 5.32. The van der Waals surface area contributed by atoms with Crippen LogP contribution in [0.1, 0.15) is 23.9 Å². The van der Waals surface area contributed by atoms with Gasteiger partial charge in [-0.2, -0.15) is 0 Å². The van der Waals surface area contributed by atoms with Crippen molar-refractivity contribution in [3.05, 3.63) is 34.6 Å². The molecule has 0 fully saturated rings. The molecule has 1 rings (SSSR count). The van der Waals surface area contributed by atoms with Crippen LogP contribution in [0, 0.1) is 6.92 Å². The fourth-order valence-electron chi connectivity index (χ4n) is 1.44. The van der Waals surface area contributed by atoms with Gasteiger partial charge >= 0.3 is 0 Å². The van der Waals surface area contributed by atoms with E-state index in [1.807, 2.05) is 25.1 Å². The maximum atomic E-state index is 5.32. The highest BCUT2D eigenvalue weighted by atomic mass is 32.1. The highest BCUT2D eigenvalue weighted by Gasteiger charge is 2.07. The van der Waals surface area contributed by atoms with E-state index in [1.54, 1.807) is 18.4 Å². The van der Waals surface area contributed by atoms with E-state index in [-0.39, 0.29) is 0 Å². The number of aromatic nitrogens is 1. The maximum absolute atomic E-state index is 5.32. The summed E-state index contributed by atoms with van der Waals surface area (Å²) in [6.07, 6.45) is 8.11. The van der Waals surface area contributed by atoms with Crippen LogP contribution in [0.3, 0.4) is 0 Å². The molecule has 0 aliphatic rings. The third-order valence-electron chi connectivity index (χ3n) is 2.51. The average molecular weight is 266 g/mol. The minimum absolute atomic E-state index is 0.870. The summed E-state index contributed by atoms with van der Waals surface area (Å²) in [5.41, 5.74) is 1.11. The molecular weight excluding hydrogens is 244 g/mol. The molecule has 0 aromatic carbocycles. The highest BCUT2D eigenvalue weighted by molar-refractivity contribution is 7.15. The molecule has 0 amide bonds. The molecule has 4 heteroatoms. The summed E-state index contributed by atoms with van der Waals surface area (Å²) in [5.74, 6) is 0.913. The van der Waals surface area contributed by atoms with Crippen molar-refractivity contribution in [2.75, 3.05) is 26.1 Å². The summed E-state index contributed by atoms with van der Waals surface area (Å²) in [6.45, 7) is 4.17. The molecule has 0 unspecified atom stereocenters. The van der Waals surface area contributed by atoms with Gasteiger partial charge in [0.2, 0.25) is 0 Å². The zero-order valence-corrected chi connectivity index (χ0v) is 12.7. The van der Waals surface area contributed by atoms with Gasteiger partial charge in [-0.15, -0.1) is 11.3 Å². The van der Waals surface area contributed by atoms with Gasteiger partial charge in [0.05, 0.1) is 12.8 Å². The summed E-state index contributed by atoms with van der Waals surface area (Å²) in [5, 5.41) is 1.05. The van der Waals surface area contributed by atoms with Gasteiger partial charge in [0.1, 0.15) is 5.76 Å². The molecule has 0 saturated carbocycles. The zero-order valence-electron chi connectivity index (χ0n) is 11.9. The third-order valence-corrected chi connectivity index (χ3v) is 3.85. The van der Waals surface area contributed by atoms with Gasteiger partial charge in [0.15, 0.2) is 5.13 Å². The Kier molecular flexibility index (Phi) is 5.92. The van der Waals surface area contributed by atoms with E-state index in [0.717, 1.165) is 29.4 Å². The molecule has 18 heavy (non-hydrogen) atoms. The molecule has 0 atom stereocenters. The predicted octanol–water partition coefficient (Wildman–Crippen LogP) is 3.56. The van der Waals surface area contributed by atoms with Gasteiger partial charge in [-0.1, -0.05) is 13.0 Å². The molecule has 100 valence electrons. The van der Waals surface area contributed by atoms with Crippen LogP contribution in [-0.4, -0.2) is 26.2 Å². The Bertz CT molecular complexity index is 433. The summed E-state index contributed by atoms with van der Waals surface area (Å²) >= 11 is 1.73.